The van der Waals surface area contributed by atoms with Crippen molar-refractivity contribution in [1.29, 1.82) is 0 Å². The van der Waals surface area contributed by atoms with E-state index in [0.717, 1.165) is 12.1 Å². The summed E-state index contributed by atoms with van der Waals surface area (Å²) in [6.07, 6.45) is -2.60. The molecule has 0 fully saturated rings. The number of ether oxygens (including phenoxy) is 1. The van der Waals surface area contributed by atoms with Gasteiger partial charge in [-0.2, -0.15) is 4.37 Å². The van der Waals surface area contributed by atoms with Gasteiger partial charge < -0.3 is 30.9 Å². The number of carbonyl (C=O) groups excluding carboxylic acids is 3. The molecular formula is C20H24BrF2N5O6S. The number of aliphatic hydroxyl groups is 2. The number of primary amides is 1. The van der Waals surface area contributed by atoms with Gasteiger partial charge in [-0.15, -0.1) is 0 Å². The van der Waals surface area contributed by atoms with E-state index in [2.05, 4.69) is 30.9 Å². The first kappa shape index (κ1) is 28.4. The van der Waals surface area contributed by atoms with E-state index in [4.69, 9.17) is 10.5 Å². The molecule has 35 heavy (non-hydrogen) atoms. The zero-order valence-electron chi connectivity index (χ0n) is 18.7. The average molecular weight is 580 g/mol. The minimum atomic E-state index is -1.16. The molecule has 0 saturated heterocycles. The fraction of sp³-hybridized carbons (Fsp3) is 0.400. The lowest BCUT2D eigenvalue weighted by Crippen LogP contribution is -2.37. The molecule has 2 atom stereocenters. The Morgan fingerprint density at radius 1 is 1.23 bits per heavy atom. The van der Waals surface area contributed by atoms with Gasteiger partial charge in [-0.05, 0) is 23.7 Å². The summed E-state index contributed by atoms with van der Waals surface area (Å²) >= 11 is 3.61. The molecule has 0 bridgehead atoms. The highest BCUT2D eigenvalue weighted by Crippen LogP contribution is 2.31. The molecule has 2 unspecified atom stereocenters. The van der Waals surface area contributed by atoms with Crippen LogP contribution in [0.2, 0.25) is 0 Å². The van der Waals surface area contributed by atoms with Gasteiger partial charge in [-0.25, -0.2) is 13.6 Å². The van der Waals surface area contributed by atoms with Crippen LogP contribution in [-0.2, 0) is 11.4 Å². The van der Waals surface area contributed by atoms with E-state index in [0.29, 0.717) is 11.5 Å². The van der Waals surface area contributed by atoms with Gasteiger partial charge in [0.15, 0.2) is 0 Å². The van der Waals surface area contributed by atoms with E-state index in [9.17, 15) is 33.4 Å². The molecule has 2 aromatic rings. The first-order chi connectivity index (χ1) is 16.4. The van der Waals surface area contributed by atoms with Crippen LogP contribution in [0.4, 0.5) is 18.6 Å². The highest BCUT2D eigenvalue weighted by molar-refractivity contribution is 9.10. The molecule has 0 aliphatic rings. The summed E-state index contributed by atoms with van der Waals surface area (Å²) in [4.78, 5) is 36.9. The van der Waals surface area contributed by atoms with Crippen molar-refractivity contribution in [2.24, 2.45) is 5.73 Å². The predicted molar refractivity (Wildman–Crippen MR) is 126 cm³/mol. The summed E-state index contributed by atoms with van der Waals surface area (Å²) in [6.45, 7) is -0.860. The molecule has 1 aromatic heterocycles. The number of urea groups is 1. The molecule has 192 valence electrons. The molecule has 1 aromatic carbocycles. The Kier molecular flexibility index (Phi) is 10.3. The van der Waals surface area contributed by atoms with Crippen molar-refractivity contribution in [3.63, 3.8) is 0 Å². The number of hydrogen-bond acceptors (Lipinski definition) is 8. The Morgan fingerprint density at radius 3 is 2.43 bits per heavy atom. The van der Waals surface area contributed by atoms with Gasteiger partial charge >= 0.3 is 6.03 Å². The SMILES string of the molecule is CN(C)C(=O)CC(O)CC(O)CNC(=O)Nc1snc(OCc2c(F)cc(Br)cc2F)c1C(N)=O. The topological polar surface area (TPSA) is 167 Å². The normalized spacial score (nSPS) is 12.5. The number of carbonyl (C=O) groups is 3. The van der Waals surface area contributed by atoms with Gasteiger partial charge in [0.05, 0.1) is 24.2 Å². The number of nitrogens with one attached hydrogen (secondary N) is 2. The summed E-state index contributed by atoms with van der Waals surface area (Å²) in [6, 6.07) is 1.26. The first-order valence-corrected chi connectivity index (χ1v) is 11.6. The number of nitrogens with two attached hydrogens (primary N) is 1. The van der Waals surface area contributed by atoms with Gasteiger partial charge in [-0.3, -0.25) is 14.9 Å². The number of anilines is 1. The Bertz CT molecular complexity index is 1060. The van der Waals surface area contributed by atoms with Crippen molar-refractivity contribution in [3.05, 3.63) is 39.4 Å². The Balaban J connectivity index is 1.95. The largest absolute Gasteiger partial charge is 0.471 e. The predicted octanol–water partition coefficient (Wildman–Crippen LogP) is 1.57. The minimum absolute atomic E-state index is 0.0899. The van der Waals surface area contributed by atoms with Crippen LogP contribution in [0.1, 0.15) is 28.8 Å². The number of amides is 4. The van der Waals surface area contributed by atoms with Crippen LogP contribution in [0.3, 0.4) is 0 Å². The van der Waals surface area contributed by atoms with Crippen molar-refractivity contribution in [3.8, 4) is 5.88 Å². The van der Waals surface area contributed by atoms with Gasteiger partial charge in [0.25, 0.3) is 5.91 Å². The quantitative estimate of drug-likeness (QED) is 0.269. The fourth-order valence-corrected chi connectivity index (χ4v) is 3.89. The summed E-state index contributed by atoms with van der Waals surface area (Å²) in [5.41, 5.74) is 4.64. The Morgan fingerprint density at radius 2 is 1.86 bits per heavy atom. The zero-order chi connectivity index (χ0) is 26.3. The molecule has 0 aliphatic heterocycles. The smallest absolute Gasteiger partial charge is 0.320 e. The number of halogens is 3. The zero-order valence-corrected chi connectivity index (χ0v) is 21.1. The van der Waals surface area contributed by atoms with Gasteiger partial charge in [0.2, 0.25) is 11.8 Å². The van der Waals surface area contributed by atoms with E-state index < -0.39 is 48.0 Å². The second-order valence-electron chi connectivity index (χ2n) is 7.56. The van der Waals surface area contributed by atoms with E-state index in [1.807, 2.05) is 0 Å². The van der Waals surface area contributed by atoms with Gasteiger partial charge in [0.1, 0.15) is 28.8 Å². The van der Waals surface area contributed by atoms with Crippen LogP contribution in [0.5, 0.6) is 5.88 Å². The van der Waals surface area contributed by atoms with E-state index in [1.54, 1.807) is 0 Å². The molecule has 0 spiro atoms. The number of benzene rings is 1. The fourth-order valence-electron chi connectivity index (χ4n) is 2.75. The molecule has 0 aliphatic carbocycles. The highest BCUT2D eigenvalue weighted by Gasteiger charge is 2.23. The number of rotatable bonds is 11. The standard InChI is InChI=1S/C20H24BrF2N5O6S/c1-28(2)15(31)6-10(29)5-11(30)7-25-20(33)26-19-16(17(24)32)18(27-35-19)34-8-12-13(22)3-9(21)4-14(12)23/h3-4,10-11,29-30H,5-8H2,1-2H3,(H2,24,32)(H2,25,26,33). The molecule has 2 rings (SSSR count). The third kappa shape index (κ3) is 8.38. The van der Waals surface area contributed by atoms with Crippen LogP contribution in [0.25, 0.3) is 0 Å². The summed E-state index contributed by atoms with van der Waals surface area (Å²) < 4.78 is 37.3. The second-order valence-corrected chi connectivity index (χ2v) is 9.25. The van der Waals surface area contributed by atoms with Crippen molar-refractivity contribution >= 4 is 50.3 Å². The Hall–Kier alpha value is -2.88. The van der Waals surface area contributed by atoms with Crippen LogP contribution in [0, 0.1) is 11.6 Å². The van der Waals surface area contributed by atoms with Crippen LogP contribution >= 0.6 is 27.5 Å². The van der Waals surface area contributed by atoms with Crippen molar-refractivity contribution in [2.75, 3.05) is 26.0 Å². The highest BCUT2D eigenvalue weighted by atomic mass is 79.9. The maximum Gasteiger partial charge on any atom is 0.320 e. The summed E-state index contributed by atoms with van der Waals surface area (Å²) in [5.74, 6) is -3.40. The summed E-state index contributed by atoms with van der Waals surface area (Å²) in [7, 11) is 3.07. The first-order valence-electron chi connectivity index (χ1n) is 10.1. The lowest BCUT2D eigenvalue weighted by molar-refractivity contribution is -0.131. The number of aromatic nitrogens is 1. The van der Waals surface area contributed by atoms with E-state index >= 15 is 0 Å². The van der Waals surface area contributed by atoms with Crippen molar-refractivity contribution in [2.45, 2.75) is 31.7 Å². The second kappa shape index (κ2) is 12.7. The van der Waals surface area contributed by atoms with E-state index in [1.165, 1.54) is 19.0 Å². The maximum atomic E-state index is 14.0. The van der Waals surface area contributed by atoms with Crippen LogP contribution < -0.4 is 21.1 Å². The third-order valence-corrected chi connectivity index (χ3v) is 5.75. The number of nitrogens with zero attached hydrogens (tertiary/aromatic N) is 2. The van der Waals surface area contributed by atoms with Crippen LogP contribution in [-0.4, -0.2) is 70.2 Å². The van der Waals surface area contributed by atoms with E-state index in [-0.39, 0.29) is 46.2 Å². The lowest BCUT2D eigenvalue weighted by Gasteiger charge is -2.18. The molecule has 1 heterocycles. The molecule has 6 N–H and O–H groups in total. The Labute approximate surface area is 211 Å². The van der Waals surface area contributed by atoms with Gasteiger partial charge in [0, 0.05) is 31.5 Å². The molecule has 0 saturated carbocycles. The maximum absolute atomic E-state index is 14.0. The monoisotopic (exact) mass is 579 g/mol. The third-order valence-electron chi connectivity index (χ3n) is 4.54. The number of hydrogen-bond donors (Lipinski definition) is 5. The number of aliphatic hydroxyl groups excluding tert-OH is 2. The van der Waals surface area contributed by atoms with Crippen molar-refractivity contribution < 1.29 is 38.1 Å². The summed E-state index contributed by atoms with van der Waals surface area (Å²) in [5, 5.41) is 24.4. The molecule has 15 heteroatoms. The van der Waals surface area contributed by atoms with Gasteiger partial charge in [-0.1, -0.05) is 15.9 Å². The molecule has 11 nitrogen and oxygen atoms in total. The van der Waals surface area contributed by atoms with Crippen molar-refractivity contribution in [1.82, 2.24) is 14.6 Å². The average Bonchev–Trinajstić information content (AvgIpc) is 3.13. The molecular weight excluding hydrogens is 556 g/mol. The molecule has 0 radical (unpaired) electrons. The molecule has 4 amide bonds. The minimum Gasteiger partial charge on any atom is -0.471 e. The lowest BCUT2D eigenvalue weighted by atomic mass is 10.1. The van der Waals surface area contributed by atoms with Crippen LogP contribution in [0.15, 0.2) is 16.6 Å².